The second-order valence-electron chi connectivity index (χ2n) is 4.38. The van der Waals surface area contributed by atoms with Crippen molar-refractivity contribution in [2.45, 2.75) is 27.2 Å². The molecular formula is C13H21N3O. The van der Waals surface area contributed by atoms with Gasteiger partial charge in [0.25, 0.3) is 5.91 Å². The minimum atomic E-state index is -0.106. The van der Waals surface area contributed by atoms with Gasteiger partial charge in [0.05, 0.1) is 0 Å². The number of hydrogen-bond acceptors (Lipinski definition) is 3. The van der Waals surface area contributed by atoms with E-state index in [1.807, 2.05) is 19.1 Å². The molecular weight excluding hydrogens is 214 g/mol. The van der Waals surface area contributed by atoms with E-state index in [4.69, 9.17) is 0 Å². The average Bonchev–Trinajstić information content (AvgIpc) is 2.29. The fourth-order valence-corrected chi connectivity index (χ4v) is 1.41. The van der Waals surface area contributed by atoms with Crippen molar-refractivity contribution >= 4 is 11.7 Å². The smallest absolute Gasteiger partial charge is 0.269 e. The van der Waals surface area contributed by atoms with E-state index >= 15 is 0 Å². The van der Waals surface area contributed by atoms with E-state index in [0.717, 1.165) is 18.8 Å². The summed E-state index contributed by atoms with van der Waals surface area (Å²) in [5.41, 5.74) is 0.465. The van der Waals surface area contributed by atoms with Gasteiger partial charge in [0.1, 0.15) is 11.5 Å². The van der Waals surface area contributed by atoms with Crippen molar-refractivity contribution in [3.05, 3.63) is 23.9 Å². The van der Waals surface area contributed by atoms with Crippen LogP contribution in [0.15, 0.2) is 18.2 Å². The summed E-state index contributed by atoms with van der Waals surface area (Å²) in [6.07, 6.45) is 0.985. The van der Waals surface area contributed by atoms with Gasteiger partial charge in [-0.05, 0) is 31.4 Å². The lowest BCUT2D eigenvalue weighted by Gasteiger charge is -2.08. The number of amides is 1. The minimum Gasteiger partial charge on any atom is -0.370 e. The van der Waals surface area contributed by atoms with Crippen molar-refractivity contribution in [1.29, 1.82) is 0 Å². The first-order valence-electron chi connectivity index (χ1n) is 6.12. The zero-order valence-corrected chi connectivity index (χ0v) is 10.8. The fourth-order valence-electron chi connectivity index (χ4n) is 1.41. The maximum atomic E-state index is 11.8. The van der Waals surface area contributed by atoms with Crippen molar-refractivity contribution < 1.29 is 4.79 Å². The quantitative estimate of drug-likeness (QED) is 0.795. The summed E-state index contributed by atoms with van der Waals surface area (Å²) < 4.78 is 0. The number of rotatable bonds is 6. The molecule has 0 aromatic carbocycles. The van der Waals surface area contributed by atoms with Crippen LogP contribution in [0.4, 0.5) is 5.82 Å². The number of anilines is 1. The SMILES string of the molecule is CCNc1cccc(C(=O)NCCC(C)C)n1. The number of carbonyl (C=O) groups excluding carboxylic acids is 1. The predicted molar refractivity (Wildman–Crippen MR) is 70.2 cm³/mol. The average molecular weight is 235 g/mol. The van der Waals surface area contributed by atoms with Gasteiger partial charge in [-0.1, -0.05) is 19.9 Å². The highest BCUT2D eigenvalue weighted by molar-refractivity contribution is 5.92. The van der Waals surface area contributed by atoms with Gasteiger partial charge in [0.15, 0.2) is 0 Å². The van der Waals surface area contributed by atoms with Crippen LogP contribution in [0.25, 0.3) is 0 Å². The van der Waals surface area contributed by atoms with Crippen LogP contribution in [-0.2, 0) is 0 Å². The van der Waals surface area contributed by atoms with Gasteiger partial charge in [-0.2, -0.15) is 0 Å². The molecule has 0 unspecified atom stereocenters. The first-order chi connectivity index (χ1) is 8.13. The Hall–Kier alpha value is -1.58. The van der Waals surface area contributed by atoms with Crippen molar-refractivity contribution in [2.24, 2.45) is 5.92 Å². The second kappa shape index (κ2) is 6.89. The number of hydrogen-bond donors (Lipinski definition) is 2. The van der Waals surface area contributed by atoms with E-state index in [1.54, 1.807) is 6.07 Å². The van der Waals surface area contributed by atoms with Crippen molar-refractivity contribution in [2.75, 3.05) is 18.4 Å². The summed E-state index contributed by atoms with van der Waals surface area (Å²) in [6.45, 7) is 7.76. The third kappa shape index (κ3) is 4.85. The van der Waals surface area contributed by atoms with E-state index in [0.29, 0.717) is 18.2 Å². The van der Waals surface area contributed by atoms with Gasteiger partial charge in [-0.3, -0.25) is 4.79 Å². The Labute approximate surface area is 103 Å². The molecule has 1 aromatic heterocycles. The molecule has 4 nitrogen and oxygen atoms in total. The molecule has 94 valence electrons. The normalized spacial score (nSPS) is 10.4. The maximum Gasteiger partial charge on any atom is 0.269 e. The lowest BCUT2D eigenvalue weighted by atomic mass is 10.1. The van der Waals surface area contributed by atoms with Crippen LogP contribution >= 0.6 is 0 Å². The van der Waals surface area contributed by atoms with Crippen LogP contribution in [-0.4, -0.2) is 24.0 Å². The summed E-state index contributed by atoms with van der Waals surface area (Å²) in [5.74, 6) is 1.23. The third-order valence-electron chi connectivity index (χ3n) is 2.35. The number of nitrogens with zero attached hydrogens (tertiary/aromatic N) is 1. The molecule has 17 heavy (non-hydrogen) atoms. The Balaban J connectivity index is 2.53. The van der Waals surface area contributed by atoms with Gasteiger partial charge in [0.2, 0.25) is 0 Å². The highest BCUT2D eigenvalue weighted by Crippen LogP contribution is 2.04. The Morgan fingerprint density at radius 3 is 2.82 bits per heavy atom. The standard InChI is InChI=1S/C13H21N3O/c1-4-14-12-7-5-6-11(16-12)13(17)15-9-8-10(2)3/h5-7,10H,4,8-9H2,1-3H3,(H,14,16)(H,15,17). The molecule has 2 N–H and O–H groups in total. The molecule has 0 fully saturated rings. The van der Waals surface area contributed by atoms with Crippen molar-refractivity contribution in [3.8, 4) is 0 Å². The number of pyridine rings is 1. The molecule has 0 saturated heterocycles. The van der Waals surface area contributed by atoms with Gasteiger partial charge in [0, 0.05) is 13.1 Å². The first-order valence-corrected chi connectivity index (χ1v) is 6.12. The summed E-state index contributed by atoms with van der Waals surface area (Å²) >= 11 is 0. The predicted octanol–water partition coefficient (Wildman–Crippen LogP) is 2.29. The molecule has 1 aromatic rings. The monoisotopic (exact) mass is 235 g/mol. The summed E-state index contributed by atoms with van der Waals surface area (Å²) in [5, 5.41) is 5.96. The van der Waals surface area contributed by atoms with E-state index < -0.39 is 0 Å². The van der Waals surface area contributed by atoms with Crippen LogP contribution in [0.3, 0.4) is 0 Å². The Kier molecular flexibility index (Phi) is 5.46. The largest absolute Gasteiger partial charge is 0.370 e. The van der Waals surface area contributed by atoms with Crippen LogP contribution < -0.4 is 10.6 Å². The van der Waals surface area contributed by atoms with Gasteiger partial charge >= 0.3 is 0 Å². The second-order valence-corrected chi connectivity index (χ2v) is 4.38. The minimum absolute atomic E-state index is 0.106. The zero-order chi connectivity index (χ0) is 12.7. The molecule has 0 bridgehead atoms. The zero-order valence-electron chi connectivity index (χ0n) is 10.8. The van der Waals surface area contributed by atoms with E-state index in [2.05, 4.69) is 29.5 Å². The lowest BCUT2D eigenvalue weighted by molar-refractivity contribution is 0.0947. The lowest BCUT2D eigenvalue weighted by Crippen LogP contribution is -2.26. The topological polar surface area (TPSA) is 54.0 Å². The molecule has 0 radical (unpaired) electrons. The number of carbonyl (C=O) groups is 1. The molecule has 1 heterocycles. The number of aromatic nitrogens is 1. The first kappa shape index (κ1) is 13.5. The molecule has 1 amide bonds. The Morgan fingerprint density at radius 2 is 2.18 bits per heavy atom. The summed E-state index contributed by atoms with van der Waals surface area (Å²) in [6, 6.07) is 5.42. The molecule has 0 atom stereocenters. The van der Waals surface area contributed by atoms with Crippen LogP contribution in [0.5, 0.6) is 0 Å². The molecule has 0 saturated carbocycles. The summed E-state index contributed by atoms with van der Waals surface area (Å²) in [4.78, 5) is 16.0. The molecule has 0 aliphatic heterocycles. The summed E-state index contributed by atoms with van der Waals surface area (Å²) in [7, 11) is 0. The van der Waals surface area contributed by atoms with E-state index in [9.17, 15) is 4.79 Å². The highest BCUT2D eigenvalue weighted by atomic mass is 16.1. The Bertz CT molecular complexity index is 363. The molecule has 1 rings (SSSR count). The molecule has 0 aliphatic rings. The highest BCUT2D eigenvalue weighted by Gasteiger charge is 2.07. The molecule has 4 heteroatoms. The van der Waals surface area contributed by atoms with Crippen molar-refractivity contribution in [3.63, 3.8) is 0 Å². The maximum absolute atomic E-state index is 11.8. The van der Waals surface area contributed by atoms with E-state index in [1.165, 1.54) is 0 Å². The van der Waals surface area contributed by atoms with Crippen LogP contribution in [0.2, 0.25) is 0 Å². The van der Waals surface area contributed by atoms with Crippen molar-refractivity contribution in [1.82, 2.24) is 10.3 Å². The Morgan fingerprint density at radius 1 is 1.41 bits per heavy atom. The third-order valence-corrected chi connectivity index (χ3v) is 2.35. The van der Waals surface area contributed by atoms with Gasteiger partial charge in [-0.15, -0.1) is 0 Å². The van der Waals surface area contributed by atoms with Gasteiger partial charge in [-0.25, -0.2) is 4.98 Å². The molecule has 0 spiro atoms. The van der Waals surface area contributed by atoms with E-state index in [-0.39, 0.29) is 5.91 Å². The van der Waals surface area contributed by atoms with Crippen LogP contribution in [0.1, 0.15) is 37.7 Å². The van der Waals surface area contributed by atoms with Crippen LogP contribution in [0, 0.1) is 5.92 Å². The fraction of sp³-hybridized carbons (Fsp3) is 0.538. The van der Waals surface area contributed by atoms with Gasteiger partial charge < -0.3 is 10.6 Å². The number of nitrogens with one attached hydrogen (secondary N) is 2. The molecule has 0 aliphatic carbocycles.